The van der Waals surface area contributed by atoms with Gasteiger partial charge in [-0.15, -0.1) is 0 Å². The van der Waals surface area contributed by atoms with E-state index in [1.807, 2.05) is 48.5 Å². The van der Waals surface area contributed by atoms with Crippen LogP contribution in [0, 0.1) is 19.9 Å². The molecule has 0 fully saturated rings. The third-order valence-corrected chi connectivity index (χ3v) is 7.81. The molecule has 5 nitrogen and oxygen atoms in total. The Balaban J connectivity index is 1.23. The predicted octanol–water partition coefficient (Wildman–Crippen LogP) is 8.14. The van der Waals surface area contributed by atoms with Gasteiger partial charge in [0.2, 0.25) is 0 Å². The van der Waals surface area contributed by atoms with Crippen molar-refractivity contribution in [2.24, 2.45) is 5.10 Å². The molecule has 0 bridgehead atoms. The summed E-state index contributed by atoms with van der Waals surface area (Å²) in [7, 11) is 0. The van der Waals surface area contributed by atoms with Gasteiger partial charge in [0.05, 0.1) is 19.0 Å². The molecule has 5 rings (SSSR count). The van der Waals surface area contributed by atoms with Crippen LogP contribution in [0.5, 0.6) is 5.75 Å². The van der Waals surface area contributed by atoms with Gasteiger partial charge in [-0.25, -0.2) is 9.82 Å². The molecule has 1 aromatic heterocycles. The van der Waals surface area contributed by atoms with Gasteiger partial charge in [0.1, 0.15) is 18.2 Å². The molecule has 0 atom stereocenters. The second kappa shape index (κ2) is 12.8. The number of ether oxygens (including phenoxy) is 1. The number of benzene rings is 4. The summed E-state index contributed by atoms with van der Waals surface area (Å²) < 4.78 is 23.3. The first-order valence-electron chi connectivity index (χ1n) is 12.4. The molecule has 0 saturated heterocycles. The Bertz CT molecular complexity index is 1660. The van der Waals surface area contributed by atoms with Crippen molar-refractivity contribution in [1.29, 1.82) is 0 Å². The van der Waals surface area contributed by atoms with Crippen molar-refractivity contribution < 1.29 is 13.9 Å². The molecular weight excluding hydrogens is 731 g/mol. The van der Waals surface area contributed by atoms with Crippen molar-refractivity contribution in [2.75, 3.05) is 0 Å². The van der Waals surface area contributed by atoms with E-state index in [2.05, 4.69) is 91.5 Å². The van der Waals surface area contributed by atoms with E-state index >= 15 is 0 Å². The van der Waals surface area contributed by atoms with Gasteiger partial charge in [0.15, 0.2) is 0 Å². The number of hydrogen-bond donors (Lipinski definition) is 1. The van der Waals surface area contributed by atoms with Crippen LogP contribution in [0.25, 0.3) is 16.9 Å². The van der Waals surface area contributed by atoms with Crippen molar-refractivity contribution >= 4 is 57.3 Å². The van der Waals surface area contributed by atoms with Crippen LogP contribution in [-0.4, -0.2) is 16.7 Å². The minimum Gasteiger partial charge on any atom is -0.487 e. The van der Waals surface area contributed by atoms with E-state index in [-0.39, 0.29) is 18.3 Å². The topological polar surface area (TPSA) is 55.6 Å². The number of nitrogens with one attached hydrogen (secondary N) is 1. The molecule has 0 aliphatic heterocycles. The lowest BCUT2D eigenvalue weighted by atomic mass is 10.1. The minimum atomic E-state index is -0.297. The fourth-order valence-electron chi connectivity index (χ4n) is 4.28. The molecule has 1 heterocycles. The van der Waals surface area contributed by atoms with Gasteiger partial charge in [-0.1, -0.05) is 42.5 Å². The molecule has 1 amide bonds. The average Bonchev–Trinajstić information content (AvgIpc) is 3.34. The largest absolute Gasteiger partial charge is 0.487 e. The second-order valence-electron chi connectivity index (χ2n) is 9.04. The molecule has 0 saturated carbocycles. The highest BCUT2D eigenvalue weighted by Crippen LogP contribution is 2.30. The van der Waals surface area contributed by atoms with Gasteiger partial charge < -0.3 is 9.30 Å². The normalized spacial score (nSPS) is 11.1. The highest BCUT2D eigenvalue weighted by atomic mass is 127. The highest BCUT2D eigenvalue weighted by Gasteiger charge is 2.12. The van der Waals surface area contributed by atoms with E-state index in [0.29, 0.717) is 5.56 Å². The summed E-state index contributed by atoms with van der Waals surface area (Å²) in [4.78, 5) is 12.7. The monoisotopic (exact) mass is 755 g/mol. The quantitative estimate of drug-likeness (QED) is 0.0989. The zero-order chi connectivity index (χ0) is 28.1. The van der Waals surface area contributed by atoms with E-state index in [9.17, 15) is 9.18 Å². The summed E-state index contributed by atoms with van der Waals surface area (Å²) >= 11 is 4.39. The van der Waals surface area contributed by atoms with Crippen molar-refractivity contribution in [2.45, 2.75) is 13.5 Å². The summed E-state index contributed by atoms with van der Waals surface area (Å²) in [6, 6.07) is 32.1. The maximum Gasteiger partial charge on any atom is 0.271 e. The van der Waals surface area contributed by atoms with Gasteiger partial charge in [0.25, 0.3) is 5.91 Å². The molecule has 8 heteroatoms. The molecule has 0 aliphatic rings. The number of nitrogens with zero attached hydrogens (tertiary/aromatic N) is 2. The lowest BCUT2D eigenvalue weighted by Crippen LogP contribution is -2.17. The summed E-state index contributed by atoms with van der Waals surface area (Å²) in [5.74, 6) is 0.137. The number of hydrazone groups is 1. The van der Waals surface area contributed by atoms with Crippen molar-refractivity contribution in [3.63, 3.8) is 0 Å². The molecule has 0 unspecified atom stereocenters. The predicted molar refractivity (Wildman–Crippen MR) is 174 cm³/mol. The zero-order valence-corrected chi connectivity index (χ0v) is 25.8. The first-order valence-corrected chi connectivity index (χ1v) is 14.6. The smallest absolute Gasteiger partial charge is 0.271 e. The molecule has 40 heavy (non-hydrogen) atoms. The van der Waals surface area contributed by atoms with Gasteiger partial charge in [-0.05, 0) is 129 Å². The fraction of sp³-hybridized carbons (Fsp3) is 0.0625. The summed E-state index contributed by atoms with van der Waals surface area (Å²) in [6.07, 6.45) is 1.60. The molecule has 0 radical (unpaired) electrons. The van der Waals surface area contributed by atoms with Gasteiger partial charge in [-0.3, -0.25) is 4.79 Å². The van der Waals surface area contributed by atoms with Crippen LogP contribution >= 0.6 is 45.2 Å². The Labute approximate surface area is 259 Å². The molecule has 0 aliphatic carbocycles. The molecule has 5 aromatic rings. The summed E-state index contributed by atoms with van der Waals surface area (Å²) in [6.45, 7) is 2.33. The number of carbonyl (C=O) groups is 1. The number of rotatable bonds is 8. The molecular formula is C32H24FI2N3O2. The Morgan fingerprint density at radius 2 is 1.65 bits per heavy atom. The zero-order valence-electron chi connectivity index (χ0n) is 21.4. The average molecular weight is 755 g/mol. The minimum absolute atomic E-state index is 0.267. The molecule has 4 aromatic carbocycles. The Morgan fingerprint density at radius 1 is 0.925 bits per heavy atom. The molecule has 200 valence electrons. The van der Waals surface area contributed by atoms with Crippen LogP contribution in [0.2, 0.25) is 0 Å². The number of amides is 1. The van der Waals surface area contributed by atoms with Gasteiger partial charge in [-0.2, -0.15) is 5.10 Å². The first kappa shape index (κ1) is 28.0. The maximum atomic E-state index is 13.4. The number of hydrogen-bond acceptors (Lipinski definition) is 3. The van der Waals surface area contributed by atoms with Crippen LogP contribution in [0.1, 0.15) is 27.2 Å². The third kappa shape index (κ3) is 6.61. The SMILES string of the molecule is Cc1ccc(-c2ccccc2)n1-c1ccc(C(=O)N/N=C/c2cc(I)c(OCc3cccc(F)c3)c(I)c2)cc1. The van der Waals surface area contributed by atoms with Crippen LogP contribution in [0.15, 0.2) is 108 Å². The number of aryl methyl sites for hydroxylation is 1. The van der Waals surface area contributed by atoms with Crippen LogP contribution in [0.3, 0.4) is 0 Å². The number of carbonyl (C=O) groups excluding carboxylic acids is 1. The number of halogens is 3. The van der Waals surface area contributed by atoms with Crippen LogP contribution in [0.4, 0.5) is 4.39 Å². The standard InChI is InChI=1S/C32H24FI2N3O2/c1-21-10-15-30(24-7-3-2-4-8-24)38(21)27-13-11-25(12-14-27)32(39)37-36-19-23-17-28(34)31(29(35)18-23)40-20-22-6-5-9-26(33)16-22/h2-19H,20H2,1H3,(H,37,39)/b36-19+. The summed E-state index contributed by atoms with van der Waals surface area (Å²) in [5.41, 5.74) is 9.00. The maximum absolute atomic E-state index is 13.4. The van der Waals surface area contributed by atoms with E-state index < -0.39 is 0 Å². The number of aromatic nitrogens is 1. The lowest BCUT2D eigenvalue weighted by molar-refractivity contribution is 0.0955. The van der Waals surface area contributed by atoms with Gasteiger partial charge >= 0.3 is 0 Å². The highest BCUT2D eigenvalue weighted by molar-refractivity contribution is 14.1. The lowest BCUT2D eigenvalue weighted by Gasteiger charge is -2.13. The fourth-order valence-corrected chi connectivity index (χ4v) is 6.41. The van der Waals surface area contributed by atoms with E-state index in [4.69, 9.17) is 4.74 Å². The third-order valence-electron chi connectivity index (χ3n) is 6.21. The first-order chi connectivity index (χ1) is 19.4. The summed E-state index contributed by atoms with van der Waals surface area (Å²) in [5, 5.41) is 4.15. The Hall–Kier alpha value is -3.51. The van der Waals surface area contributed by atoms with Crippen molar-refractivity contribution in [3.8, 4) is 22.7 Å². The van der Waals surface area contributed by atoms with E-state index in [1.165, 1.54) is 12.1 Å². The van der Waals surface area contributed by atoms with E-state index in [1.54, 1.807) is 24.4 Å². The Morgan fingerprint density at radius 3 is 2.35 bits per heavy atom. The van der Waals surface area contributed by atoms with Crippen molar-refractivity contribution in [3.05, 3.63) is 138 Å². The van der Waals surface area contributed by atoms with Crippen LogP contribution < -0.4 is 10.2 Å². The second-order valence-corrected chi connectivity index (χ2v) is 11.4. The van der Waals surface area contributed by atoms with Crippen molar-refractivity contribution in [1.82, 2.24) is 9.99 Å². The van der Waals surface area contributed by atoms with E-state index in [0.717, 1.165) is 46.7 Å². The van der Waals surface area contributed by atoms with Gasteiger partial charge in [0, 0.05) is 16.9 Å². The molecule has 1 N–H and O–H groups in total. The molecule has 0 spiro atoms. The van der Waals surface area contributed by atoms with Crippen LogP contribution in [-0.2, 0) is 6.61 Å². The Kier molecular flexibility index (Phi) is 8.95.